The molecule has 0 atom stereocenters. The van der Waals surface area contributed by atoms with Crippen molar-refractivity contribution in [3.05, 3.63) is 77.4 Å². The molecule has 6 N–H and O–H groups in total. The molecule has 1 fully saturated rings. The number of aromatic amines is 1. The Morgan fingerprint density at radius 1 is 1.06 bits per heavy atom. The van der Waals surface area contributed by atoms with Gasteiger partial charge in [0.2, 0.25) is 5.95 Å². The van der Waals surface area contributed by atoms with Crippen LogP contribution in [0.4, 0.5) is 23.0 Å². The lowest BCUT2D eigenvalue weighted by atomic mass is 9.83. The Morgan fingerprint density at radius 3 is 2.68 bits per heavy atom. The highest BCUT2D eigenvalue weighted by atomic mass is 16.1. The lowest BCUT2D eigenvalue weighted by molar-refractivity contribution is 0.102. The Hall–Kier alpha value is -4.13. The van der Waals surface area contributed by atoms with Crippen LogP contribution in [0, 0.1) is 5.41 Å². The molecule has 172 valence electrons. The number of para-hydroxylation sites is 1. The van der Waals surface area contributed by atoms with Gasteiger partial charge in [0.25, 0.3) is 5.91 Å². The van der Waals surface area contributed by atoms with Crippen molar-refractivity contribution < 1.29 is 4.79 Å². The number of benzene rings is 3. The van der Waals surface area contributed by atoms with Gasteiger partial charge >= 0.3 is 0 Å². The number of amides is 1. The van der Waals surface area contributed by atoms with Crippen LogP contribution in [0.5, 0.6) is 0 Å². The zero-order chi connectivity index (χ0) is 23.5. The number of hydrogen-bond donors (Lipinski definition) is 5. The Bertz CT molecular complexity index is 1350. The summed E-state index contributed by atoms with van der Waals surface area (Å²) in [4.78, 5) is 20.8. The average Bonchev–Trinajstić information content (AvgIpc) is 3.26. The van der Waals surface area contributed by atoms with Crippen LogP contribution in [0.15, 0.2) is 60.7 Å². The van der Waals surface area contributed by atoms with Gasteiger partial charge in [0, 0.05) is 34.4 Å². The largest absolute Gasteiger partial charge is 0.398 e. The van der Waals surface area contributed by atoms with E-state index in [-0.39, 0.29) is 5.91 Å². The Morgan fingerprint density at radius 2 is 1.88 bits per heavy atom. The van der Waals surface area contributed by atoms with Gasteiger partial charge in [-0.15, -0.1) is 0 Å². The number of rotatable bonds is 6. The fourth-order valence-electron chi connectivity index (χ4n) is 4.71. The van der Waals surface area contributed by atoms with E-state index in [4.69, 9.17) is 11.1 Å². The van der Waals surface area contributed by atoms with Crippen LogP contribution in [0.1, 0.15) is 59.5 Å². The SMILES string of the molecule is N=Cc1ccc(NC(=O)c2ccc3nc(Nc4ccccc4C4CCCCC4)[nH]c3c2)cc1N. The van der Waals surface area contributed by atoms with Crippen molar-refractivity contribution in [2.24, 2.45) is 0 Å². The number of carbonyl (C=O) groups is 1. The number of carbonyl (C=O) groups excluding carboxylic acids is 1. The highest BCUT2D eigenvalue weighted by molar-refractivity contribution is 6.06. The second-order valence-electron chi connectivity index (χ2n) is 8.81. The molecule has 1 aliphatic rings. The van der Waals surface area contributed by atoms with E-state index in [0.717, 1.165) is 16.7 Å². The number of anilines is 4. The molecule has 1 heterocycles. The minimum atomic E-state index is -0.240. The summed E-state index contributed by atoms with van der Waals surface area (Å²) in [5.74, 6) is 1.00. The van der Waals surface area contributed by atoms with Crippen molar-refractivity contribution in [2.75, 3.05) is 16.4 Å². The maximum atomic E-state index is 12.8. The Balaban J connectivity index is 1.35. The summed E-state index contributed by atoms with van der Waals surface area (Å²) in [5.41, 5.74) is 12.1. The first kappa shape index (κ1) is 21.7. The van der Waals surface area contributed by atoms with Crippen molar-refractivity contribution in [3.8, 4) is 0 Å². The number of imidazole rings is 1. The molecule has 0 bridgehead atoms. The topological polar surface area (TPSA) is 120 Å². The molecule has 0 radical (unpaired) electrons. The summed E-state index contributed by atoms with van der Waals surface area (Å²) >= 11 is 0. The number of nitrogens with zero attached hydrogens (tertiary/aromatic N) is 1. The van der Waals surface area contributed by atoms with E-state index in [0.29, 0.717) is 34.4 Å². The van der Waals surface area contributed by atoms with Crippen LogP contribution in [-0.4, -0.2) is 22.1 Å². The zero-order valence-electron chi connectivity index (χ0n) is 18.9. The number of nitrogens with one attached hydrogen (secondary N) is 4. The molecule has 1 aliphatic carbocycles. The van der Waals surface area contributed by atoms with Gasteiger partial charge in [0.05, 0.1) is 11.0 Å². The number of nitrogens with two attached hydrogens (primary N) is 1. The van der Waals surface area contributed by atoms with E-state index in [1.54, 1.807) is 30.3 Å². The first-order valence-corrected chi connectivity index (χ1v) is 11.7. The van der Waals surface area contributed by atoms with Gasteiger partial charge in [0.1, 0.15) is 0 Å². The Labute approximate surface area is 198 Å². The fraction of sp³-hybridized carbons (Fsp3) is 0.222. The number of H-pyrrole nitrogens is 1. The van der Waals surface area contributed by atoms with E-state index in [2.05, 4.69) is 38.8 Å². The van der Waals surface area contributed by atoms with Gasteiger partial charge in [-0.2, -0.15) is 0 Å². The highest BCUT2D eigenvalue weighted by Gasteiger charge is 2.19. The van der Waals surface area contributed by atoms with Gasteiger partial charge in [-0.05, 0) is 66.8 Å². The number of hydrogen-bond acceptors (Lipinski definition) is 5. The molecule has 0 unspecified atom stereocenters. The monoisotopic (exact) mass is 452 g/mol. The molecule has 0 saturated heterocycles. The van der Waals surface area contributed by atoms with E-state index >= 15 is 0 Å². The van der Waals surface area contributed by atoms with Gasteiger partial charge in [-0.3, -0.25) is 4.79 Å². The molecule has 0 spiro atoms. The summed E-state index contributed by atoms with van der Waals surface area (Å²) in [7, 11) is 0. The van der Waals surface area contributed by atoms with E-state index in [9.17, 15) is 4.79 Å². The molecule has 0 aliphatic heterocycles. The van der Waals surface area contributed by atoms with Crippen molar-refractivity contribution in [1.82, 2.24) is 9.97 Å². The van der Waals surface area contributed by atoms with E-state index in [1.807, 2.05) is 12.1 Å². The molecular weight excluding hydrogens is 424 g/mol. The molecule has 34 heavy (non-hydrogen) atoms. The van der Waals surface area contributed by atoms with Crippen LogP contribution in [0.2, 0.25) is 0 Å². The molecule has 7 heteroatoms. The summed E-state index contributed by atoms with van der Waals surface area (Å²) in [6.07, 6.45) is 7.54. The molecule has 7 nitrogen and oxygen atoms in total. The average molecular weight is 453 g/mol. The second-order valence-corrected chi connectivity index (χ2v) is 8.81. The third-order valence-electron chi connectivity index (χ3n) is 6.50. The predicted molar refractivity (Wildman–Crippen MR) is 138 cm³/mol. The quantitative estimate of drug-likeness (QED) is 0.177. The fourth-order valence-corrected chi connectivity index (χ4v) is 4.71. The van der Waals surface area contributed by atoms with Crippen molar-refractivity contribution in [2.45, 2.75) is 38.0 Å². The van der Waals surface area contributed by atoms with Gasteiger partial charge < -0.3 is 26.8 Å². The molecule has 1 amide bonds. The highest BCUT2D eigenvalue weighted by Crippen LogP contribution is 2.37. The van der Waals surface area contributed by atoms with Crippen molar-refractivity contribution in [1.29, 1.82) is 5.41 Å². The third kappa shape index (κ3) is 4.50. The molecule has 4 aromatic rings. The summed E-state index contributed by atoms with van der Waals surface area (Å²) in [6.45, 7) is 0. The molecule has 1 aromatic heterocycles. The standard InChI is InChI=1S/C27H28N6O/c28-16-19-10-12-20(15-22(19)29)30-26(34)18-11-13-24-25(14-18)33-27(32-24)31-23-9-5-4-8-21(23)17-6-2-1-3-7-17/h4-5,8-17,28H,1-3,6-7,29H2,(H,30,34)(H2,31,32,33). The summed E-state index contributed by atoms with van der Waals surface area (Å²) < 4.78 is 0. The normalized spacial score (nSPS) is 14.1. The minimum Gasteiger partial charge on any atom is -0.398 e. The number of fused-ring (bicyclic) bond motifs is 1. The van der Waals surface area contributed by atoms with Crippen molar-refractivity contribution >= 4 is 46.2 Å². The predicted octanol–water partition coefficient (Wildman–Crippen LogP) is 6.19. The first-order valence-electron chi connectivity index (χ1n) is 11.7. The lowest BCUT2D eigenvalue weighted by Crippen LogP contribution is -2.12. The van der Waals surface area contributed by atoms with Crippen LogP contribution in [0.25, 0.3) is 11.0 Å². The zero-order valence-corrected chi connectivity index (χ0v) is 18.9. The summed E-state index contributed by atoms with van der Waals surface area (Å²) in [5, 5.41) is 13.7. The maximum absolute atomic E-state index is 12.8. The minimum absolute atomic E-state index is 0.240. The van der Waals surface area contributed by atoms with E-state index < -0.39 is 0 Å². The third-order valence-corrected chi connectivity index (χ3v) is 6.50. The van der Waals surface area contributed by atoms with Gasteiger partial charge in [0.15, 0.2) is 0 Å². The maximum Gasteiger partial charge on any atom is 0.255 e. The van der Waals surface area contributed by atoms with Crippen LogP contribution in [0.3, 0.4) is 0 Å². The lowest BCUT2D eigenvalue weighted by Gasteiger charge is -2.24. The first-order chi connectivity index (χ1) is 16.6. The second kappa shape index (κ2) is 9.39. The number of aromatic nitrogens is 2. The smallest absolute Gasteiger partial charge is 0.255 e. The van der Waals surface area contributed by atoms with Crippen LogP contribution < -0.4 is 16.4 Å². The number of nitrogen functional groups attached to an aromatic ring is 1. The van der Waals surface area contributed by atoms with Crippen LogP contribution in [-0.2, 0) is 0 Å². The molecular formula is C27H28N6O. The summed E-state index contributed by atoms with van der Waals surface area (Å²) in [6, 6.07) is 18.9. The van der Waals surface area contributed by atoms with Gasteiger partial charge in [-0.1, -0.05) is 37.5 Å². The molecule has 5 rings (SSSR count). The molecule has 3 aromatic carbocycles. The Kier molecular flexibility index (Phi) is 5.99. The van der Waals surface area contributed by atoms with Crippen molar-refractivity contribution in [3.63, 3.8) is 0 Å². The molecule has 1 saturated carbocycles. The van der Waals surface area contributed by atoms with Gasteiger partial charge in [-0.25, -0.2) is 4.98 Å². The van der Waals surface area contributed by atoms with Crippen LogP contribution >= 0.6 is 0 Å². The van der Waals surface area contributed by atoms with E-state index in [1.165, 1.54) is 43.9 Å².